The van der Waals surface area contributed by atoms with Gasteiger partial charge >= 0.3 is 0 Å². The first-order valence-electron chi connectivity index (χ1n) is 6.31. The Kier molecular flexibility index (Phi) is 4.30. The normalized spacial score (nSPS) is 10.4. The topological polar surface area (TPSA) is 89.8 Å². The number of hydrogen-bond donors (Lipinski definition) is 3. The molecule has 0 fully saturated rings. The Bertz CT molecular complexity index is 539. The predicted octanol–water partition coefficient (Wildman–Crippen LogP) is 1.19. The van der Waals surface area contributed by atoms with Crippen LogP contribution < -0.4 is 16.8 Å². The van der Waals surface area contributed by atoms with E-state index in [1.807, 2.05) is 25.2 Å². The van der Waals surface area contributed by atoms with E-state index in [0.29, 0.717) is 6.54 Å². The molecule has 0 bridgehead atoms. The van der Waals surface area contributed by atoms with Crippen LogP contribution in [0.5, 0.6) is 0 Å². The summed E-state index contributed by atoms with van der Waals surface area (Å²) < 4.78 is 0. The minimum absolute atomic E-state index is 0.288. The van der Waals surface area contributed by atoms with Gasteiger partial charge in [-0.3, -0.25) is 0 Å². The smallest absolute Gasteiger partial charge is 0.222 e. The molecule has 0 saturated heterocycles. The van der Waals surface area contributed by atoms with Gasteiger partial charge in [-0.2, -0.15) is 4.98 Å². The Morgan fingerprint density at radius 1 is 1.16 bits per heavy atom. The molecule has 0 amide bonds. The third-order valence-electron chi connectivity index (χ3n) is 2.96. The molecule has 0 aliphatic carbocycles. The number of nitrogens with zero attached hydrogens (tertiary/aromatic N) is 2. The average Bonchev–Trinajstić information content (AvgIpc) is 2.42. The second-order valence-electron chi connectivity index (χ2n) is 4.31. The van der Waals surface area contributed by atoms with Crippen molar-refractivity contribution in [2.24, 2.45) is 5.73 Å². The van der Waals surface area contributed by atoms with E-state index in [1.54, 1.807) is 0 Å². The number of anilines is 2. The zero-order valence-electron chi connectivity index (χ0n) is 11.1. The lowest BCUT2D eigenvalue weighted by atomic mass is 10.0. The van der Waals surface area contributed by atoms with Gasteiger partial charge in [0, 0.05) is 19.0 Å². The zero-order chi connectivity index (χ0) is 13.7. The average molecular weight is 257 g/mol. The number of benzene rings is 1. The Balaban J connectivity index is 2.40. The van der Waals surface area contributed by atoms with E-state index in [-0.39, 0.29) is 5.95 Å². The van der Waals surface area contributed by atoms with Crippen LogP contribution in [0.2, 0.25) is 0 Å². The Hall–Kier alpha value is -2.14. The number of nitrogens with one attached hydrogen (secondary N) is 1. The summed E-state index contributed by atoms with van der Waals surface area (Å²) in [5.41, 5.74) is 14.6. The lowest BCUT2D eigenvalue weighted by Gasteiger charge is -2.13. The molecule has 5 nitrogen and oxygen atoms in total. The molecule has 0 spiro atoms. The van der Waals surface area contributed by atoms with E-state index in [4.69, 9.17) is 11.5 Å². The summed E-state index contributed by atoms with van der Waals surface area (Å²) in [6.07, 6.45) is 1.47. The Morgan fingerprint density at radius 2 is 1.89 bits per heavy atom. The summed E-state index contributed by atoms with van der Waals surface area (Å²) in [4.78, 5) is 8.58. The van der Waals surface area contributed by atoms with Gasteiger partial charge in [-0.05, 0) is 18.5 Å². The number of rotatable bonds is 5. The molecular weight excluding hydrogens is 238 g/mol. The molecule has 0 aliphatic rings. The van der Waals surface area contributed by atoms with Crippen molar-refractivity contribution >= 4 is 11.8 Å². The zero-order valence-corrected chi connectivity index (χ0v) is 11.1. The van der Waals surface area contributed by atoms with Crippen LogP contribution in [0.1, 0.15) is 16.8 Å². The minimum atomic E-state index is 0.288. The summed E-state index contributed by atoms with van der Waals surface area (Å²) in [5.74, 6) is 1.06. The van der Waals surface area contributed by atoms with E-state index >= 15 is 0 Å². The van der Waals surface area contributed by atoms with E-state index in [1.165, 1.54) is 5.56 Å². The van der Waals surface area contributed by atoms with Crippen molar-refractivity contribution in [2.75, 3.05) is 24.6 Å². The van der Waals surface area contributed by atoms with E-state index in [0.717, 1.165) is 29.9 Å². The standard InChI is InChI=1S/C14H19N5/c1-17-13-11(7-8-15)12(18-14(16)19-13)9-10-5-3-2-4-6-10/h2-6H,7-9,15H2,1H3,(H3,16,17,18,19). The summed E-state index contributed by atoms with van der Waals surface area (Å²) in [5, 5.41) is 3.06. The predicted molar refractivity (Wildman–Crippen MR) is 78.0 cm³/mol. The van der Waals surface area contributed by atoms with Crippen molar-refractivity contribution in [1.82, 2.24) is 9.97 Å². The number of nitrogen functional groups attached to an aromatic ring is 1. The second-order valence-corrected chi connectivity index (χ2v) is 4.31. The maximum Gasteiger partial charge on any atom is 0.222 e. The number of hydrogen-bond acceptors (Lipinski definition) is 5. The molecule has 2 rings (SSSR count). The van der Waals surface area contributed by atoms with Crippen LogP contribution in [0.15, 0.2) is 30.3 Å². The molecule has 1 heterocycles. The van der Waals surface area contributed by atoms with Crippen LogP contribution in [-0.2, 0) is 12.8 Å². The molecule has 1 aromatic heterocycles. The molecule has 100 valence electrons. The lowest BCUT2D eigenvalue weighted by molar-refractivity contribution is 0.903. The van der Waals surface area contributed by atoms with Gasteiger partial charge < -0.3 is 16.8 Å². The van der Waals surface area contributed by atoms with Crippen LogP contribution in [0.25, 0.3) is 0 Å². The van der Waals surface area contributed by atoms with E-state index in [9.17, 15) is 0 Å². The monoisotopic (exact) mass is 257 g/mol. The molecule has 5 heteroatoms. The molecule has 1 aromatic carbocycles. The Labute approximate surface area is 113 Å². The lowest BCUT2D eigenvalue weighted by Crippen LogP contribution is -2.13. The summed E-state index contributed by atoms with van der Waals surface area (Å²) in [7, 11) is 1.83. The molecule has 0 atom stereocenters. The van der Waals surface area contributed by atoms with Crippen LogP contribution in [0.3, 0.4) is 0 Å². The summed E-state index contributed by atoms with van der Waals surface area (Å²) in [6.45, 7) is 0.559. The van der Waals surface area contributed by atoms with Crippen LogP contribution in [0.4, 0.5) is 11.8 Å². The van der Waals surface area contributed by atoms with Crippen molar-refractivity contribution in [2.45, 2.75) is 12.8 Å². The fraction of sp³-hybridized carbons (Fsp3) is 0.286. The highest BCUT2D eigenvalue weighted by atomic mass is 15.1. The number of aromatic nitrogens is 2. The first kappa shape index (κ1) is 13.3. The highest BCUT2D eigenvalue weighted by Crippen LogP contribution is 2.20. The molecule has 0 radical (unpaired) electrons. The van der Waals surface area contributed by atoms with Gasteiger partial charge in [-0.25, -0.2) is 4.98 Å². The summed E-state index contributed by atoms with van der Waals surface area (Å²) in [6, 6.07) is 10.2. The van der Waals surface area contributed by atoms with Gasteiger partial charge in [0.2, 0.25) is 5.95 Å². The van der Waals surface area contributed by atoms with Crippen molar-refractivity contribution in [3.8, 4) is 0 Å². The Morgan fingerprint density at radius 3 is 2.53 bits per heavy atom. The molecule has 0 aliphatic heterocycles. The molecule has 0 unspecified atom stereocenters. The molecule has 19 heavy (non-hydrogen) atoms. The van der Waals surface area contributed by atoms with Gasteiger partial charge in [0.05, 0.1) is 5.69 Å². The van der Waals surface area contributed by atoms with Gasteiger partial charge in [0.25, 0.3) is 0 Å². The van der Waals surface area contributed by atoms with Crippen molar-refractivity contribution in [1.29, 1.82) is 0 Å². The van der Waals surface area contributed by atoms with Gasteiger partial charge in [-0.15, -0.1) is 0 Å². The van der Waals surface area contributed by atoms with Gasteiger partial charge in [0.1, 0.15) is 5.82 Å². The second kappa shape index (κ2) is 6.15. The minimum Gasteiger partial charge on any atom is -0.373 e. The highest BCUT2D eigenvalue weighted by molar-refractivity contribution is 5.50. The first-order chi connectivity index (χ1) is 9.24. The van der Waals surface area contributed by atoms with Crippen molar-refractivity contribution < 1.29 is 0 Å². The molecule has 2 aromatic rings. The van der Waals surface area contributed by atoms with Crippen molar-refractivity contribution in [3.63, 3.8) is 0 Å². The van der Waals surface area contributed by atoms with Crippen LogP contribution in [-0.4, -0.2) is 23.6 Å². The molecular formula is C14H19N5. The number of nitrogens with two attached hydrogens (primary N) is 2. The SMILES string of the molecule is CNc1nc(N)nc(Cc2ccccc2)c1CCN. The van der Waals surface area contributed by atoms with E-state index < -0.39 is 0 Å². The highest BCUT2D eigenvalue weighted by Gasteiger charge is 2.12. The maximum atomic E-state index is 5.76. The van der Waals surface area contributed by atoms with Crippen LogP contribution in [0, 0.1) is 0 Å². The molecule has 5 N–H and O–H groups in total. The van der Waals surface area contributed by atoms with Gasteiger partial charge in [0.15, 0.2) is 0 Å². The van der Waals surface area contributed by atoms with Crippen molar-refractivity contribution in [3.05, 3.63) is 47.2 Å². The van der Waals surface area contributed by atoms with E-state index in [2.05, 4.69) is 27.4 Å². The van der Waals surface area contributed by atoms with Gasteiger partial charge in [-0.1, -0.05) is 30.3 Å². The fourth-order valence-electron chi connectivity index (χ4n) is 2.10. The largest absolute Gasteiger partial charge is 0.373 e. The summed E-state index contributed by atoms with van der Waals surface area (Å²) >= 11 is 0. The quantitative estimate of drug-likeness (QED) is 0.748. The molecule has 0 saturated carbocycles. The maximum absolute atomic E-state index is 5.76. The third-order valence-corrected chi connectivity index (χ3v) is 2.96. The first-order valence-corrected chi connectivity index (χ1v) is 6.31. The fourth-order valence-corrected chi connectivity index (χ4v) is 2.10. The third kappa shape index (κ3) is 3.20. The van der Waals surface area contributed by atoms with Crippen LogP contribution >= 0.6 is 0 Å².